The molecule has 0 aliphatic heterocycles. The van der Waals surface area contributed by atoms with Gasteiger partial charge in [-0.2, -0.15) is 0 Å². The van der Waals surface area contributed by atoms with Gasteiger partial charge in [-0.1, -0.05) is 12.1 Å². The van der Waals surface area contributed by atoms with Crippen molar-refractivity contribution in [2.75, 3.05) is 11.9 Å². The highest BCUT2D eigenvalue weighted by Crippen LogP contribution is 2.16. The number of hydrogen-bond donors (Lipinski definition) is 3. The summed E-state index contributed by atoms with van der Waals surface area (Å²) in [6.07, 6.45) is -0.573. The zero-order chi connectivity index (χ0) is 23.9. The van der Waals surface area contributed by atoms with E-state index in [9.17, 15) is 27.6 Å². The van der Waals surface area contributed by atoms with E-state index in [1.165, 1.54) is 0 Å². The van der Waals surface area contributed by atoms with Gasteiger partial charge in [0, 0.05) is 25.2 Å². The van der Waals surface area contributed by atoms with Crippen molar-refractivity contribution in [1.82, 2.24) is 10.6 Å². The van der Waals surface area contributed by atoms with Crippen LogP contribution in [0.25, 0.3) is 0 Å². The van der Waals surface area contributed by atoms with Crippen molar-refractivity contribution in [2.45, 2.75) is 39.3 Å². The molecule has 172 valence electrons. The van der Waals surface area contributed by atoms with E-state index in [1.807, 2.05) is 0 Å². The topological polar surface area (TPSA) is 96.5 Å². The molecule has 0 aromatic heterocycles. The van der Waals surface area contributed by atoms with E-state index < -0.39 is 40.6 Å². The third-order valence-electron chi connectivity index (χ3n) is 3.99. The van der Waals surface area contributed by atoms with Gasteiger partial charge in [-0.3, -0.25) is 9.59 Å². The van der Waals surface area contributed by atoms with E-state index >= 15 is 0 Å². The van der Waals surface area contributed by atoms with E-state index in [0.717, 1.165) is 6.07 Å². The Morgan fingerprint density at radius 1 is 0.906 bits per heavy atom. The molecular weight excluding hydrogens is 427 g/mol. The number of anilines is 1. The van der Waals surface area contributed by atoms with Crippen molar-refractivity contribution < 1.29 is 32.3 Å². The third-order valence-corrected chi connectivity index (χ3v) is 3.99. The first-order chi connectivity index (χ1) is 15.0. The second kappa shape index (κ2) is 10.7. The van der Waals surface area contributed by atoms with Crippen molar-refractivity contribution in [3.05, 3.63) is 65.0 Å². The van der Waals surface area contributed by atoms with Crippen LogP contribution in [-0.2, 0) is 16.1 Å². The van der Waals surface area contributed by atoms with E-state index in [0.29, 0.717) is 17.3 Å². The van der Waals surface area contributed by atoms with E-state index in [4.69, 9.17) is 4.74 Å². The molecule has 0 heterocycles. The molecule has 0 spiro atoms. The maximum Gasteiger partial charge on any atom is 0.407 e. The molecule has 2 rings (SSSR count). The zero-order valence-electron chi connectivity index (χ0n) is 17.9. The van der Waals surface area contributed by atoms with Crippen LogP contribution in [0.3, 0.4) is 0 Å². The number of amides is 3. The van der Waals surface area contributed by atoms with Gasteiger partial charge in [0.05, 0.1) is 5.56 Å². The Balaban J connectivity index is 1.79. The first-order valence-electron chi connectivity index (χ1n) is 9.73. The lowest BCUT2D eigenvalue weighted by molar-refractivity contribution is -0.116. The predicted octanol–water partition coefficient (Wildman–Crippen LogP) is 3.89. The van der Waals surface area contributed by atoms with Gasteiger partial charge in [0.25, 0.3) is 5.91 Å². The van der Waals surface area contributed by atoms with Gasteiger partial charge < -0.3 is 20.7 Å². The molecule has 0 aliphatic rings. The highest BCUT2D eigenvalue weighted by molar-refractivity contribution is 5.94. The summed E-state index contributed by atoms with van der Waals surface area (Å²) in [7, 11) is 0. The monoisotopic (exact) mass is 451 g/mol. The second-order valence-corrected chi connectivity index (χ2v) is 7.83. The van der Waals surface area contributed by atoms with Crippen molar-refractivity contribution in [1.29, 1.82) is 0 Å². The molecule has 10 heteroatoms. The lowest BCUT2D eigenvalue weighted by Gasteiger charge is -2.19. The van der Waals surface area contributed by atoms with Crippen LogP contribution in [0, 0.1) is 17.5 Å². The molecule has 0 fully saturated rings. The van der Waals surface area contributed by atoms with E-state index in [1.54, 1.807) is 45.0 Å². The van der Waals surface area contributed by atoms with E-state index in [-0.39, 0.29) is 25.4 Å². The molecule has 0 radical (unpaired) electrons. The Morgan fingerprint density at radius 2 is 1.56 bits per heavy atom. The number of ether oxygens (including phenoxy) is 1. The average Bonchev–Trinajstić information content (AvgIpc) is 2.70. The summed E-state index contributed by atoms with van der Waals surface area (Å²) in [4.78, 5) is 35.5. The Bertz CT molecular complexity index is 989. The van der Waals surface area contributed by atoms with Gasteiger partial charge in [-0.25, -0.2) is 18.0 Å². The molecule has 2 aromatic carbocycles. The number of carbonyl (C=O) groups excluding carboxylic acids is 3. The summed E-state index contributed by atoms with van der Waals surface area (Å²) < 4.78 is 45.0. The first kappa shape index (κ1) is 24.7. The highest BCUT2D eigenvalue weighted by Gasteiger charge is 2.18. The van der Waals surface area contributed by atoms with Crippen molar-refractivity contribution in [3.8, 4) is 0 Å². The molecule has 32 heavy (non-hydrogen) atoms. The summed E-state index contributed by atoms with van der Waals surface area (Å²) in [5.41, 5.74) is -0.107. The van der Waals surface area contributed by atoms with Crippen LogP contribution in [0.5, 0.6) is 0 Å². The minimum absolute atomic E-state index is 0.00526. The van der Waals surface area contributed by atoms with Gasteiger partial charge in [-0.05, 0) is 50.6 Å². The number of hydrogen-bond acceptors (Lipinski definition) is 4. The molecular formula is C22H24F3N3O4. The minimum Gasteiger partial charge on any atom is -0.444 e. The summed E-state index contributed by atoms with van der Waals surface area (Å²) in [5.74, 6) is -5.86. The fourth-order valence-electron chi connectivity index (χ4n) is 2.50. The number of nitrogens with one attached hydrogen (secondary N) is 3. The Kier molecular flexibility index (Phi) is 8.22. The van der Waals surface area contributed by atoms with Gasteiger partial charge in [0.2, 0.25) is 5.91 Å². The molecule has 7 nitrogen and oxygen atoms in total. The maximum absolute atomic E-state index is 13.7. The molecule has 3 N–H and O–H groups in total. The van der Waals surface area contributed by atoms with Crippen LogP contribution in [0.2, 0.25) is 0 Å². The van der Waals surface area contributed by atoms with Crippen LogP contribution in [-0.4, -0.2) is 30.1 Å². The van der Waals surface area contributed by atoms with Crippen LogP contribution in [0.15, 0.2) is 36.4 Å². The predicted molar refractivity (Wildman–Crippen MR) is 111 cm³/mol. The SMILES string of the molecule is CC(C)(C)OC(=O)NCCC(=O)Nc1ccc(CNC(=O)c2ccc(F)c(F)c2F)cc1. The molecule has 3 amide bonds. The summed E-state index contributed by atoms with van der Waals surface area (Å²) in [6, 6.07) is 7.97. The van der Waals surface area contributed by atoms with Crippen LogP contribution in [0.1, 0.15) is 43.1 Å². The smallest absolute Gasteiger partial charge is 0.407 e. The Labute approximate surface area is 183 Å². The summed E-state index contributed by atoms with van der Waals surface area (Å²) in [6.45, 7) is 5.30. The molecule has 0 unspecified atom stereocenters. The van der Waals surface area contributed by atoms with E-state index in [2.05, 4.69) is 16.0 Å². The minimum atomic E-state index is -1.71. The summed E-state index contributed by atoms with van der Waals surface area (Å²) in [5, 5.41) is 7.55. The molecule has 0 atom stereocenters. The maximum atomic E-state index is 13.7. The van der Waals surface area contributed by atoms with Gasteiger partial charge >= 0.3 is 6.09 Å². The number of rotatable bonds is 7. The lowest BCUT2D eigenvalue weighted by Crippen LogP contribution is -2.34. The number of halogens is 3. The van der Waals surface area contributed by atoms with Gasteiger partial charge in [-0.15, -0.1) is 0 Å². The molecule has 2 aromatic rings. The summed E-state index contributed by atoms with van der Waals surface area (Å²) >= 11 is 0. The largest absolute Gasteiger partial charge is 0.444 e. The molecule has 0 bridgehead atoms. The zero-order valence-corrected chi connectivity index (χ0v) is 17.9. The lowest BCUT2D eigenvalue weighted by atomic mass is 10.1. The van der Waals surface area contributed by atoms with Crippen LogP contribution in [0.4, 0.5) is 23.7 Å². The van der Waals surface area contributed by atoms with Gasteiger partial charge in [0.15, 0.2) is 17.5 Å². The number of alkyl carbamates (subject to hydrolysis) is 1. The molecule has 0 aliphatic carbocycles. The fourth-order valence-corrected chi connectivity index (χ4v) is 2.50. The second-order valence-electron chi connectivity index (χ2n) is 7.83. The quantitative estimate of drug-likeness (QED) is 0.557. The van der Waals surface area contributed by atoms with Crippen molar-refractivity contribution in [2.24, 2.45) is 0 Å². The average molecular weight is 451 g/mol. The fraction of sp³-hybridized carbons (Fsp3) is 0.318. The van der Waals surface area contributed by atoms with Crippen molar-refractivity contribution >= 4 is 23.6 Å². The molecule has 0 saturated heterocycles. The van der Waals surface area contributed by atoms with Crippen LogP contribution < -0.4 is 16.0 Å². The Hall–Kier alpha value is -3.56. The van der Waals surface area contributed by atoms with Crippen LogP contribution >= 0.6 is 0 Å². The van der Waals surface area contributed by atoms with Gasteiger partial charge in [0.1, 0.15) is 5.60 Å². The normalized spacial score (nSPS) is 10.9. The standard InChI is InChI=1S/C22H24F3N3O4/c1-22(2,3)32-21(31)26-11-10-17(29)28-14-6-4-13(5-7-14)12-27-20(30)15-8-9-16(23)19(25)18(15)24/h4-9H,10-12H2,1-3H3,(H,26,31)(H,27,30)(H,28,29). The van der Waals surface area contributed by atoms with Crippen molar-refractivity contribution in [3.63, 3.8) is 0 Å². The number of carbonyl (C=O) groups is 3. The third kappa shape index (κ3) is 7.60. The first-order valence-corrected chi connectivity index (χ1v) is 9.73. The highest BCUT2D eigenvalue weighted by atomic mass is 19.2. The number of benzene rings is 2. The Morgan fingerprint density at radius 3 is 2.19 bits per heavy atom. The molecule has 0 saturated carbocycles.